The van der Waals surface area contributed by atoms with E-state index < -0.39 is 12.2 Å². The van der Waals surface area contributed by atoms with E-state index in [4.69, 9.17) is 4.74 Å². The highest BCUT2D eigenvalue weighted by Gasteiger charge is 2.30. The van der Waals surface area contributed by atoms with E-state index in [2.05, 4.69) is 26.1 Å². The SMILES string of the molecule is CCCCN(CC(C)(CCC)COC(=O)NCCC(C)C)C(=O)O. The van der Waals surface area contributed by atoms with Crippen LogP contribution in [0.5, 0.6) is 0 Å². The molecule has 0 spiro atoms. The summed E-state index contributed by atoms with van der Waals surface area (Å²) in [4.78, 5) is 24.7. The zero-order chi connectivity index (χ0) is 18.6. The molecule has 0 aliphatic carbocycles. The summed E-state index contributed by atoms with van der Waals surface area (Å²) in [5.74, 6) is 0.526. The first-order valence-corrected chi connectivity index (χ1v) is 9.12. The lowest BCUT2D eigenvalue weighted by molar-refractivity contribution is 0.0553. The number of nitrogens with one attached hydrogen (secondary N) is 1. The number of carbonyl (C=O) groups excluding carboxylic acids is 1. The van der Waals surface area contributed by atoms with Crippen LogP contribution in [0.1, 0.15) is 66.7 Å². The predicted octanol–water partition coefficient (Wildman–Crippen LogP) is 4.35. The zero-order valence-corrected chi connectivity index (χ0v) is 16.1. The van der Waals surface area contributed by atoms with Crippen LogP contribution in [0.3, 0.4) is 0 Å². The minimum absolute atomic E-state index is 0.226. The third-order valence-electron chi connectivity index (χ3n) is 4.02. The first-order valence-electron chi connectivity index (χ1n) is 9.12. The van der Waals surface area contributed by atoms with Crippen molar-refractivity contribution in [2.75, 3.05) is 26.2 Å². The normalized spacial score (nSPS) is 13.4. The fraction of sp³-hybridized carbons (Fsp3) is 0.889. The van der Waals surface area contributed by atoms with E-state index in [1.807, 2.05) is 13.8 Å². The van der Waals surface area contributed by atoms with Gasteiger partial charge in [0.15, 0.2) is 0 Å². The number of unbranched alkanes of at least 4 members (excludes halogenated alkanes) is 1. The fourth-order valence-electron chi connectivity index (χ4n) is 2.61. The van der Waals surface area contributed by atoms with Gasteiger partial charge in [-0.3, -0.25) is 0 Å². The van der Waals surface area contributed by atoms with Gasteiger partial charge in [0.05, 0.1) is 0 Å². The first kappa shape index (κ1) is 22.5. The number of carboxylic acid groups (broad SMARTS) is 1. The molecule has 0 fully saturated rings. The number of carbonyl (C=O) groups is 2. The van der Waals surface area contributed by atoms with Crippen LogP contribution in [-0.2, 0) is 4.74 Å². The highest BCUT2D eigenvalue weighted by atomic mass is 16.5. The van der Waals surface area contributed by atoms with Crippen LogP contribution in [0, 0.1) is 11.3 Å². The molecule has 0 aliphatic rings. The molecule has 0 heterocycles. The summed E-state index contributed by atoms with van der Waals surface area (Å²) in [5.41, 5.74) is -0.365. The number of amides is 2. The third-order valence-corrected chi connectivity index (χ3v) is 4.02. The molecule has 6 heteroatoms. The quantitative estimate of drug-likeness (QED) is 0.552. The number of nitrogens with zero attached hydrogens (tertiary/aromatic N) is 1. The molecule has 0 aromatic heterocycles. The molecule has 0 aromatic carbocycles. The Morgan fingerprint density at radius 1 is 1.25 bits per heavy atom. The van der Waals surface area contributed by atoms with E-state index in [0.717, 1.165) is 32.1 Å². The fourth-order valence-corrected chi connectivity index (χ4v) is 2.61. The van der Waals surface area contributed by atoms with Gasteiger partial charge in [-0.1, -0.05) is 47.5 Å². The van der Waals surface area contributed by atoms with Gasteiger partial charge in [-0.25, -0.2) is 9.59 Å². The molecule has 142 valence electrons. The first-order chi connectivity index (χ1) is 11.2. The van der Waals surface area contributed by atoms with Crippen molar-refractivity contribution in [3.05, 3.63) is 0 Å². The van der Waals surface area contributed by atoms with Gasteiger partial charge in [0.2, 0.25) is 0 Å². The van der Waals surface area contributed by atoms with Crippen molar-refractivity contribution in [1.82, 2.24) is 10.2 Å². The highest BCUT2D eigenvalue weighted by Crippen LogP contribution is 2.25. The maximum atomic E-state index is 11.8. The van der Waals surface area contributed by atoms with Gasteiger partial charge < -0.3 is 20.1 Å². The second-order valence-corrected chi connectivity index (χ2v) is 7.30. The Bertz CT molecular complexity index is 374. The van der Waals surface area contributed by atoms with Crippen LogP contribution in [0.25, 0.3) is 0 Å². The second kappa shape index (κ2) is 12.0. The third kappa shape index (κ3) is 10.3. The summed E-state index contributed by atoms with van der Waals surface area (Å²) in [6.07, 6.45) is 3.08. The summed E-state index contributed by atoms with van der Waals surface area (Å²) in [6, 6.07) is 0. The largest absolute Gasteiger partial charge is 0.465 e. The summed E-state index contributed by atoms with van der Waals surface area (Å²) in [5, 5.41) is 12.1. The molecule has 1 unspecified atom stereocenters. The molecular weight excluding hydrogens is 308 g/mol. The van der Waals surface area contributed by atoms with Crippen molar-refractivity contribution in [3.63, 3.8) is 0 Å². The summed E-state index contributed by atoms with van der Waals surface area (Å²) >= 11 is 0. The van der Waals surface area contributed by atoms with Crippen LogP contribution >= 0.6 is 0 Å². The topological polar surface area (TPSA) is 78.9 Å². The lowest BCUT2D eigenvalue weighted by Crippen LogP contribution is -2.43. The molecular formula is C18H36N2O4. The minimum Gasteiger partial charge on any atom is -0.465 e. The maximum Gasteiger partial charge on any atom is 0.407 e. The van der Waals surface area contributed by atoms with Gasteiger partial charge in [0.1, 0.15) is 6.61 Å². The summed E-state index contributed by atoms with van der Waals surface area (Å²) in [7, 11) is 0. The Balaban J connectivity index is 4.55. The Morgan fingerprint density at radius 2 is 1.92 bits per heavy atom. The van der Waals surface area contributed by atoms with Crippen LogP contribution in [0.4, 0.5) is 9.59 Å². The molecule has 0 bridgehead atoms. The van der Waals surface area contributed by atoms with Gasteiger partial charge in [-0.2, -0.15) is 0 Å². The Hall–Kier alpha value is -1.46. The lowest BCUT2D eigenvalue weighted by Gasteiger charge is -2.33. The molecule has 1 atom stereocenters. The van der Waals surface area contributed by atoms with E-state index >= 15 is 0 Å². The van der Waals surface area contributed by atoms with Crippen LogP contribution in [0.15, 0.2) is 0 Å². The Morgan fingerprint density at radius 3 is 2.42 bits per heavy atom. The molecule has 0 aliphatic heterocycles. The van der Waals surface area contributed by atoms with Gasteiger partial charge in [-0.05, 0) is 25.2 Å². The van der Waals surface area contributed by atoms with Gasteiger partial charge in [0, 0.05) is 25.0 Å². The molecule has 2 amide bonds. The average Bonchev–Trinajstić information content (AvgIpc) is 2.49. The number of hydrogen-bond donors (Lipinski definition) is 2. The second-order valence-electron chi connectivity index (χ2n) is 7.30. The Labute approximate surface area is 146 Å². The molecule has 0 rings (SSSR count). The van der Waals surface area contributed by atoms with Crippen molar-refractivity contribution >= 4 is 12.2 Å². The highest BCUT2D eigenvalue weighted by molar-refractivity contribution is 5.67. The number of ether oxygens (including phenoxy) is 1. The minimum atomic E-state index is -0.910. The van der Waals surface area contributed by atoms with Gasteiger partial charge in [-0.15, -0.1) is 0 Å². The monoisotopic (exact) mass is 344 g/mol. The van der Waals surface area contributed by atoms with Crippen molar-refractivity contribution in [2.24, 2.45) is 11.3 Å². The molecule has 2 N–H and O–H groups in total. The van der Waals surface area contributed by atoms with Crippen molar-refractivity contribution < 1.29 is 19.4 Å². The molecule has 0 radical (unpaired) electrons. The zero-order valence-electron chi connectivity index (χ0n) is 16.1. The average molecular weight is 344 g/mol. The van der Waals surface area contributed by atoms with E-state index in [0.29, 0.717) is 25.6 Å². The summed E-state index contributed by atoms with van der Waals surface area (Å²) in [6.45, 7) is 12.0. The van der Waals surface area contributed by atoms with Crippen molar-refractivity contribution in [3.8, 4) is 0 Å². The molecule has 24 heavy (non-hydrogen) atoms. The summed E-state index contributed by atoms with van der Waals surface area (Å²) < 4.78 is 5.36. The van der Waals surface area contributed by atoms with Gasteiger partial charge >= 0.3 is 12.2 Å². The molecule has 0 aromatic rings. The van der Waals surface area contributed by atoms with Crippen LogP contribution in [0.2, 0.25) is 0 Å². The van der Waals surface area contributed by atoms with Crippen LogP contribution in [-0.4, -0.2) is 48.4 Å². The van der Waals surface area contributed by atoms with Crippen LogP contribution < -0.4 is 5.32 Å². The van der Waals surface area contributed by atoms with E-state index in [1.54, 1.807) is 0 Å². The maximum absolute atomic E-state index is 11.8. The smallest absolute Gasteiger partial charge is 0.407 e. The van der Waals surface area contributed by atoms with E-state index in [9.17, 15) is 14.7 Å². The van der Waals surface area contributed by atoms with E-state index in [1.165, 1.54) is 4.90 Å². The Kier molecular flexibility index (Phi) is 11.3. The van der Waals surface area contributed by atoms with Crippen molar-refractivity contribution in [1.29, 1.82) is 0 Å². The number of hydrogen-bond acceptors (Lipinski definition) is 3. The van der Waals surface area contributed by atoms with Crippen molar-refractivity contribution in [2.45, 2.75) is 66.7 Å². The standard InChI is InChI=1S/C18H36N2O4/c1-6-8-12-20(17(22)23)13-18(5,10-7-2)14-24-16(21)19-11-9-15(3)4/h15H,6-14H2,1-5H3,(H,19,21)(H,22,23). The molecule has 6 nitrogen and oxygen atoms in total. The van der Waals surface area contributed by atoms with E-state index in [-0.39, 0.29) is 12.0 Å². The predicted molar refractivity (Wildman–Crippen MR) is 96.3 cm³/mol. The molecule has 0 saturated carbocycles. The van der Waals surface area contributed by atoms with Gasteiger partial charge in [0.25, 0.3) is 0 Å². The number of alkyl carbamates (subject to hydrolysis) is 1. The lowest BCUT2D eigenvalue weighted by atomic mass is 9.86. The molecule has 0 saturated heterocycles. The number of rotatable bonds is 12.